The predicted molar refractivity (Wildman–Crippen MR) is 98.8 cm³/mol. The summed E-state index contributed by atoms with van der Waals surface area (Å²) >= 11 is 0. The van der Waals surface area contributed by atoms with Crippen LogP contribution in [0.15, 0.2) is 30.9 Å². The molecule has 5 heteroatoms. The molecular formula is C17H28Cl2N2O. The first-order valence-electron chi connectivity index (χ1n) is 7.46. The van der Waals surface area contributed by atoms with Crippen LogP contribution in [-0.4, -0.2) is 38.2 Å². The number of nitrogens with zero attached hydrogens (tertiary/aromatic N) is 1. The molecule has 0 unspecified atom stereocenters. The van der Waals surface area contributed by atoms with Crippen molar-refractivity contribution in [3.05, 3.63) is 42.0 Å². The monoisotopic (exact) mass is 346 g/mol. The van der Waals surface area contributed by atoms with Crippen molar-refractivity contribution in [2.45, 2.75) is 25.8 Å². The lowest BCUT2D eigenvalue weighted by Crippen LogP contribution is -2.45. The summed E-state index contributed by atoms with van der Waals surface area (Å²) in [5, 5.41) is 3.43. The highest BCUT2D eigenvalue weighted by Crippen LogP contribution is 2.30. The second-order valence-electron chi connectivity index (χ2n) is 5.39. The average Bonchev–Trinajstić information content (AvgIpc) is 2.50. The van der Waals surface area contributed by atoms with Gasteiger partial charge < -0.3 is 10.1 Å². The highest BCUT2D eigenvalue weighted by atomic mass is 35.5. The maximum atomic E-state index is 5.32. The fourth-order valence-corrected chi connectivity index (χ4v) is 2.95. The van der Waals surface area contributed by atoms with Gasteiger partial charge in [0.1, 0.15) is 5.75 Å². The smallest absolute Gasteiger partial charge is 0.119 e. The van der Waals surface area contributed by atoms with E-state index >= 15 is 0 Å². The minimum Gasteiger partial charge on any atom is -0.497 e. The third-order valence-corrected chi connectivity index (χ3v) is 4.07. The van der Waals surface area contributed by atoms with Crippen molar-refractivity contribution in [1.29, 1.82) is 0 Å². The SMILES string of the molecule is C=CCC[C@H](c1ccc(OC)cc1C)N1CCNCC1.Cl.Cl. The van der Waals surface area contributed by atoms with Gasteiger partial charge in [0.05, 0.1) is 7.11 Å². The van der Waals surface area contributed by atoms with Gasteiger partial charge in [0, 0.05) is 32.2 Å². The first-order chi connectivity index (χ1) is 9.76. The minimum atomic E-state index is 0. The number of rotatable bonds is 6. The van der Waals surface area contributed by atoms with Crippen LogP contribution >= 0.6 is 24.8 Å². The van der Waals surface area contributed by atoms with Crippen molar-refractivity contribution in [1.82, 2.24) is 10.2 Å². The summed E-state index contributed by atoms with van der Waals surface area (Å²) in [5.41, 5.74) is 2.74. The minimum absolute atomic E-state index is 0. The molecule has 0 bridgehead atoms. The lowest BCUT2D eigenvalue weighted by molar-refractivity contribution is 0.165. The van der Waals surface area contributed by atoms with E-state index in [1.807, 2.05) is 6.08 Å². The van der Waals surface area contributed by atoms with Crippen LogP contribution in [0.1, 0.15) is 30.0 Å². The van der Waals surface area contributed by atoms with Gasteiger partial charge in [-0.3, -0.25) is 4.90 Å². The molecule has 1 fully saturated rings. The first-order valence-corrected chi connectivity index (χ1v) is 7.46. The molecule has 1 aliphatic heterocycles. The zero-order valence-electron chi connectivity index (χ0n) is 13.5. The molecule has 1 aromatic carbocycles. The van der Waals surface area contributed by atoms with E-state index in [1.54, 1.807) is 7.11 Å². The number of nitrogens with one attached hydrogen (secondary N) is 1. The number of allylic oxidation sites excluding steroid dienone is 1. The van der Waals surface area contributed by atoms with Crippen LogP contribution in [0, 0.1) is 6.92 Å². The summed E-state index contributed by atoms with van der Waals surface area (Å²) < 4.78 is 5.32. The molecule has 1 N–H and O–H groups in total. The fraction of sp³-hybridized carbons (Fsp3) is 0.529. The van der Waals surface area contributed by atoms with Crippen molar-refractivity contribution < 1.29 is 4.74 Å². The molecule has 1 aliphatic rings. The van der Waals surface area contributed by atoms with E-state index in [0.717, 1.165) is 44.8 Å². The van der Waals surface area contributed by atoms with Gasteiger partial charge in [0.2, 0.25) is 0 Å². The van der Waals surface area contributed by atoms with Gasteiger partial charge in [-0.1, -0.05) is 12.1 Å². The van der Waals surface area contributed by atoms with Gasteiger partial charge in [-0.05, 0) is 43.0 Å². The Kier molecular flexibility index (Phi) is 10.5. The molecule has 22 heavy (non-hydrogen) atoms. The average molecular weight is 347 g/mol. The zero-order chi connectivity index (χ0) is 14.4. The van der Waals surface area contributed by atoms with E-state index in [-0.39, 0.29) is 24.8 Å². The van der Waals surface area contributed by atoms with Crippen LogP contribution in [-0.2, 0) is 0 Å². The van der Waals surface area contributed by atoms with Crippen LogP contribution in [0.5, 0.6) is 5.75 Å². The Morgan fingerprint density at radius 3 is 2.55 bits per heavy atom. The summed E-state index contributed by atoms with van der Waals surface area (Å²) in [7, 11) is 1.72. The van der Waals surface area contributed by atoms with E-state index in [4.69, 9.17) is 4.74 Å². The van der Waals surface area contributed by atoms with Crippen molar-refractivity contribution in [3.63, 3.8) is 0 Å². The Morgan fingerprint density at radius 2 is 2.00 bits per heavy atom. The summed E-state index contributed by atoms with van der Waals surface area (Å²) in [4.78, 5) is 2.59. The molecule has 1 atom stereocenters. The number of halogens is 2. The van der Waals surface area contributed by atoms with Gasteiger partial charge in [-0.25, -0.2) is 0 Å². The number of piperazine rings is 1. The summed E-state index contributed by atoms with van der Waals surface area (Å²) in [6.45, 7) is 10.5. The number of hydrogen-bond acceptors (Lipinski definition) is 3. The molecule has 0 radical (unpaired) electrons. The highest BCUT2D eigenvalue weighted by molar-refractivity contribution is 5.85. The molecule has 0 spiro atoms. The molecule has 0 saturated carbocycles. The number of hydrogen-bond donors (Lipinski definition) is 1. The largest absolute Gasteiger partial charge is 0.497 e. The van der Waals surface area contributed by atoms with Crippen LogP contribution in [0.3, 0.4) is 0 Å². The Hall–Kier alpha value is -0.740. The Morgan fingerprint density at radius 1 is 1.32 bits per heavy atom. The summed E-state index contributed by atoms with van der Waals surface area (Å²) in [6.07, 6.45) is 4.21. The molecule has 0 aromatic heterocycles. The third-order valence-electron chi connectivity index (χ3n) is 4.07. The van der Waals surface area contributed by atoms with Crippen LogP contribution in [0.2, 0.25) is 0 Å². The third kappa shape index (κ3) is 5.47. The molecule has 126 valence electrons. The molecule has 0 aliphatic carbocycles. The summed E-state index contributed by atoms with van der Waals surface area (Å²) in [5.74, 6) is 0.939. The maximum absolute atomic E-state index is 5.32. The Bertz CT molecular complexity index is 448. The molecule has 3 nitrogen and oxygen atoms in total. The maximum Gasteiger partial charge on any atom is 0.119 e. The van der Waals surface area contributed by atoms with Gasteiger partial charge in [0.25, 0.3) is 0 Å². The van der Waals surface area contributed by atoms with Gasteiger partial charge in [-0.15, -0.1) is 31.4 Å². The number of ether oxygens (including phenoxy) is 1. The summed E-state index contributed by atoms with van der Waals surface area (Å²) in [6, 6.07) is 6.93. The number of aryl methyl sites for hydroxylation is 1. The van der Waals surface area contributed by atoms with Crippen LogP contribution in [0.25, 0.3) is 0 Å². The van der Waals surface area contributed by atoms with Crippen LogP contribution in [0.4, 0.5) is 0 Å². The number of benzene rings is 1. The Labute approximate surface area is 146 Å². The molecule has 2 rings (SSSR count). The molecule has 0 amide bonds. The molecule has 1 heterocycles. The van der Waals surface area contributed by atoms with Crippen molar-refractivity contribution in [3.8, 4) is 5.75 Å². The fourth-order valence-electron chi connectivity index (χ4n) is 2.95. The normalized spacial score (nSPS) is 16.1. The number of methoxy groups -OCH3 is 1. The van der Waals surface area contributed by atoms with E-state index in [2.05, 4.69) is 41.9 Å². The first kappa shape index (κ1) is 21.3. The van der Waals surface area contributed by atoms with Crippen molar-refractivity contribution >= 4 is 24.8 Å². The standard InChI is InChI=1S/C17H26N2O.2ClH/c1-4-5-6-17(19-11-9-18-10-12-19)16-8-7-15(20-3)13-14(16)2;;/h4,7-8,13,17-18H,1,5-6,9-12H2,2-3H3;2*1H/t17-;;/m1../s1. The lowest BCUT2D eigenvalue weighted by atomic mass is 9.95. The quantitative estimate of drug-likeness (QED) is 0.793. The van der Waals surface area contributed by atoms with E-state index in [1.165, 1.54) is 11.1 Å². The van der Waals surface area contributed by atoms with Gasteiger partial charge in [0.15, 0.2) is 0 Å². The molecule has 1 saturated heterocycles. The van der Waals surface area contributed by atoms with E-state index in [0.29, 0.717) is 6.04 Å². The van der Waals surface area contributed by atoms with Gasteiger partial charge in [-0.2, -0.15) is 0 Å². The Balaban J connectivity index is 0.00000220. The van der Waals surface area contributed by atoms with Gasteiger partial charge >= 0.3 is 0 Å². The highest BCUT2D eigenvalue weighted by Gasteiger charge is 2.22. The van der Waals surface area contributed by atoms with Crippen LogP contribution < -0.4 is 10.1 Å². The molecular weight excluding hydrogens is 319 g/mol. The second-order valence-corrected chi connectivity index (χ2v) is 5.39. The van der Waals surface area contributed by atoms with E-state index in [9.17, 15) is 0 Å². The molecule has 1 aromatic rings. The van der Waals surface area contributed by atoms with Crippen molar-refractivity contribution in [2.75, 3.05) is 33.3 Å². The predicted octanol–water partition coefficient (Wildman–Crippen LogP) is 3.76. The van der Waals surface area contributed by atoms with Crippen molar-refractivity contribution in [2.24, 2.45) is 0 Å². The topological polar surface area (TPSA) is 24.5 Å². The van der Waals surface area contributed by atoms with E-state index < -0.39 is 0 Å². The second kappa shape index (κ2) is 10.9. The lowest BCUT2D eigenvalue weighted by Gasteiger charge is -2.36. The zero-order valence-corrected chi connectivity index (χ0v) is 15.1.